The molecule has 0 aromatic carbocycles. The van der Waals surface area contributed by atoms with Crippen molar-refractivity contribution in [3.8, 4) is 0 Å². The number of rotatable bonds is 6. The summed E-state index contributed by atoms with van der Waals surface area (Å²) in [6, 6.07) is 0. The van der Waals surface area contributed by atoms with Crippen molar-refractivity contribution in [1.82, 2.24) is 5.32 Å². The van der Waals surface area contributed by atoms with Gasteiger partial charge in [-0.3, -0.25) is 0 Å². The van der Waals surface area contributed by atoms with Crippen LogP contribution in [-0.4, -0.2) is 38.0 Å². The van der Waals surface area contributed by atoms with Gasteiger partial charge in [0.05, 0.1) is 6.61 Å². The third-order valence-electron chi connectivity index (χ3n) is 4.01. The quantitative estimate of drug-likeness (QED) is 0.696. The first-order valence-corrected chi connectivity index (χ1v) is 6.24. The Bertz CT molecular complexity index is 186. The van der Waals surface area contributed by atoms with Crippen LogP contribution in [0.25, 0.3) is 0 Å². The van der Waals surface area contributed by atoms with Gasteiger partial charge in [0.25, 0.3) is 0 Å². The van der Waals surface area contributed by atoms with Gasteiger partial charge < -0.3 is 15.2 Å². The van der Waals surface area contributed by atoms with Crippen molar-refractivity contribution in [1.29, 1.82) is 0 Å². The average Bonchev–Trinajstić information content (AvgIpc) is 2.67. The molecular formula is C12H23NO2. The van der Waals surface area contributed by atoms with E-state index in [2.05, 4.69) is 5.32 Å². The van der Waals surface area contributed by atoms with Gasteiger partial charge in [0.15, 0.2) is 0 Å². The third kappa shape index (κ3) is 2.92. The minimum atomic E-state index is 0.341. The average molecular weight is 213 g/mol. The monoisotopic (exact) mass is 213 g/mol. The number of nitrogens with one attached hydrogen (secondary N) is 1. The molecule has 15 heavy (non-hydrogen) atoms. The molecule has 0 radical (unpaired) electrons. The summed E-state index contributed by atoms with van der Waals surface area (Å²) in [6.45, 7) is 4.39. The highest BCUT2D eigenvalue weighted by atomic mass is 16.5. The molecule has 3 nitrogen and oxygen atoms in total. The molecule has 0 aromatic rings. The second kappa shape index (κ2) is 5.28. The lowest BCUT2D eigenvalue weighted by Gasteiger charge is -2.42. The fourth-order valence-electron chi connectivity index (χ4n) is 2.71. The molecule has 0 amide bonds. The Labute approximate surface area is 92.2 Å². The summed E-state index contributed by atoms with van der Waals surface area (Å²) in [6.07, 6.45) is 6.11. The van der Waals surface area contributed by atoms with Crippen molar-refractivity contribution in [2.24, 2.45) is 11.3 Å². The molecule has 2 aliphatic rings. The van der Waals surface area contributed by atoms with Crippen LogP contribution in [0.2, 0.25) is 0 Å². The van der Waals surface area contributed by atoms with Crippen LogP contribution >= 0.6 is 0 Å². The van der Waals surface area contributed by atoms with Crippen molar-refractivity contribution in [2.45, 2.75) is 32.1 Å². The lowest BCUT2D eigenvalue weighted by atomic mass is 9.67. The van der Waals surface area contributed by atoms with Crippen molar-refractivity contribution in [3.05, 3.63) is 0 Å². The van der Waals surface area contributed by atoms with E-state index in [1.807, 2.05) is 0 Å². The van der Waals surface area contributed by atoms with Crippen LogP contribution in [0.5, 0.6) is 0 Å². The highest BCUT2D eigenvalue weighted by Gasteiger charge is 2.35. The maximum atomic E-state index is 9.03. The zero-order valence-electron chi connectivity index (χ0n) is 9.50. The van der Waals surface area contributed by atoms with Crippen LogP contribution < -0.4 is 5.32 Å². The summed E-state index contributed by atoms with van der Waals surface area (Å²) in [5, 5.41) is 12.6. The first-order chi connectivity index (χ1) is 7.35. The van der Waals surface area contributed by atoms with Crippen LogP contribution in [-0.2, 0) is 4.74 Å². The van der Waals surface area contributed by atoms with E-state index >= 15 is 0 Å². The summed E-state index contributed by atoms with van der Waals surface area (Å²) in [5.41, 5.74) is 0.425. The second-order valence-electron chi connectivity index (χ2n) is 5.19. The van der Waals surface area contributed by atoms with Crippen LogP contribution in [0.3, 0.4) is 0 Å². The number of ether oxygens (including phenoxy) is 1. The molecule has 1 saturated carbocycles. The van der Waals surface area contributed by atoms with Gasteiger partial charge in [-0.1, -0.05) is 6.42 Å². The molecule has 2 fully saturated rings. The van der Waals surface area contributed by atoms with Gasteiger partial charge in [-0.15, -0.1) is 0 Å². The normalized spacial score (nSPS) is 29.0. The number of aliphatic hydroxyl groups excluding tert-OH is 1. The predicted molar refractivity (Wildman–Crippen MR) is 59.8 cm³/mol. The van der Waals surface area contributed by atoms with Crippen LogP contribution in [0, 0.1) is 11.3 Å². The fourth-order valence-corrected chi connectivity index (χ4v) is 2.71. The highest BCUT2D eigenvalue weighted by molar-refractivity contribution is 4.89. The summed E-state index contributed by atoms with van der Waals surface area (Å²) >= 11 is 0. The number of hydrogen-bond acceptors (Lipinski definition) is 3. The first-order valence-electron chi connectivity index (χ1n) is 6.24. The molecule has 88 valence electrons. The zero-order valence-corrected chi connectivity index (χ0v) is 9.50. The van der Waals surface area contributed by atoms with Crippen molar-refractivity contribution in [3.63, 3.8) is 0 Å². The molecule has 0 bridgehead atoms. The Morgan fingerprint density at radius 3 is 2.80 bits per heavy atom. The third-order valence-corrected chi connectivity index (χ3v) is 4.01. The molecular weight excluding hydrogens is 190 g/mol. The minimum absolute atomic E-state index is 0.341. The Hall–Kier alpha value is -0.120. The van der Waals surface area contributed by atoms with E-state index < -0.39 is 0 Å². The smallest absolute Gasteiger partial charge is 0.0507 e. The molecule has 1 atom stereocenters. The minimum Gasteiger partial charge on any atom is -0.396 e. The molecule has 2 rings (SSSR count). The molecule has 0 spiro atoms. The topological polar surface area (TPSA) is 41.5 Å². The Kier molecular flexibility index (Phi) is 4.00. The summed E-state index contributed by atoms with van der Waals surface area (Å²) < 4.78 is 5.35. The standard InChI is InChI=1S/C12H23NO2/c14-6-5-12(3-1-4-12)10-13-8-11-2-7-15-9-11/h11,13-14H,1-10H2. The maximum Gasteiger partial charge on any atom is 0.0507 e. The first kappa shape index (κ1) is 11.4. The van der Waals surface area contributed by atoms with Gasteiger partial charge >= 0.3 is 0 Å². The predicted octanol–water partition coefficient (Wildman–Crippen LogP) is 1.17. The molecule has 3 heteroatoms. The van der Waals surface area contributed by atoms with Crippen molar-refractivity contribution in [2.75, 3.05) is 32.9 Å². The Balaban J connectivity index is 1.63. The van der Waals surface area contributed by atoms with Crippen molar-refractivity contribution >= 4 is 0 Å². The maximum absolute atomic E-state index is 9.03. The van der Waals surface area contributed by atoms with Crippen LogP contribution in [0.1, 0.15) is 32.1 Å². The van der Waals surface area contributed by atoms with E-state index in [-0.39, 0.29) is 0 Å². The van der Waals surface area contributed by atoms with Crippen LogP contribution in [0.4, 0.5) is 0 Å². The van der Waals surface area contributed by atoms with Gasteiger partial charge in [-0.25, -0.2) is 0 Å². The molecule has 1 unspecified atom stereocenters. The molecule has 2 N–H and O–H groups in total. The van der Waals surface area contributed by atoms with E-state index in [1.54, 1.807) is 0 Å². The number of hydrogen-bond donors (Lipinski definition) is 2. The molecule has 1 saturated heterocycles. The Morgan fingerprint density at radius 2 is 2.27 bits per heavy atom. The fraction of sp³-hybridized carbons (Fsp3) is 1.00. The molecule has 0 aromatic heterocycles. The van der Waals surface area contributed by atoms with Gasteiger partial charge in [0, 0.05) is 26.3 Å². The highest BCUT2D eigenvalue weighted by Crippen LogP contribution is 2.43. The Morgan fingerprint density at radius 1 is 1.40 bits per heavy atom. The summed E-state index contributed by atoms with van der Waals surface area (Å²) in [4.78, 5) is 0. The van der Waals surface area contributed by atoms with Gasteiger partial charge in [-0.05, 0) is 37.0 Å². The van der Waals surface area contributed by atoms with Gasteiger partial charge in [0.2, 0.25) is 0 Å². The summed E-state index contributed by atoms with van der Waals surface area (Å²) in [5.74, 6) is 0.719. The molecule has 1 aliphatic carbocycles. The molecule has 1 heterocycles. The SMILES string of the molecule is OCCC1(CNCC2CCOC2)CCC1. The summed E-state index contributed by atoms with van der Waals surface area (Å²) in [7, 11) is 0. The lowest BCUT2D eigenvalue weighted by molar-refractivity contribution is 0.0846. The van der Waals surface area contributed by atoms with E-state index in [4.69, 9.17) is 9.84 Å². The lowest BCUT2D eigenvalue weighted by Crippen LogP contribution is -2.42. The van der Waals surface area contributed by atoms with E-state index in [0.29, 0.717) is 12.0 Å². The van der Waals surface area contributed by atoms with E-state index in [1.165, 1.54) is 25.7 Å². The van der Waals surface area contributed by atoms with Crippen molar-refractivity contribution < 1.29 is 9.84 Å². The zero-order chi connectivity index (χ0) is 10.6. The van der Waals surface area contributed by atoms with Crippen LogP contribution in [0.15, 0.2) is 0 Å². The largest absolute Gasteiger partial charge is 0.396 e. The van der Waals surface area contributed by atoms with E-state index in [9.17, 15) is 0 Å². The number of aliphatic hydroxyl groups is 1. The van der Waals surface area contributed by atoms with Gasteiger partial charge in [-0.2, -0.15) is 0 Å². The van der Waals surface area contributed by atoms with E-state index in [0.717, 1.165) is 38.6 Å². The second-order valence-corrected chi connectivity index (χ2v) is 5.19. The molecule has 1 aliphatic heterocycles. The van der Waals surface area contributed by atoms with Gasteiger partial charge in [0.1, 0.15) is 0 Å².